The molecule has 0 unspecified atom stereocenters. The number of aldehydes is 1. The molecule has 0 radical (unpaired) electrons. The van der Waals surface area contributed by atoms with E-state index in [4.69, 9.17) is 14.8 Å². The van der Waals surface area contributed by atoms with Crippen LogP contribution in [0.25, 0.3) is 0 Å². The molecule has 13 heavy (non-hydrogen) atoms. The van der Waals surface area contributed by atoms with Crippen LogP contribution in [-0.4, -0.2) is 35.5 Å². The second-order valence-electron chi connectivity index (χ2n) is 2.34. The highest BCUT2D eigenvalue weighted by Gasteiger charge is 2.17. The molecule has 1 aromatic rings. The largest absolute Gasteiger partial charge is 0.495 e. The minimum Gasteiger partial charge on any atom is -0.495 e. The van der Waals surface area contributed by atoms with Crippen molar-refractivity contribution in [1.29, 1.82) is 0 Å². The van der Waals surface area contributed by atoms with Crippen LogP contribution < -0.4 is 10.2 Å². The molecule has 5 nitrogen and oxygen atoms in total. The van der Waals surface area contributed by atoms with Gasteiger partial charge in [-0.25, -0.2) is 4.98 Å². The molecule has 0 saturated carbocycles. The molecule has 0 fully saturated rings. The van der Waals surface area contributed by atoms with E-state index in [9.17, 15) is 4.79 Å². The fraction of sp³-hybridized carbons (Fsp3) is 0.143. The van der Waals surface area contributed by atoms with Gasteiger partial charge in [0.2, 0.25) is 0 Å². The first-order chi connectivity index (χ1) is 6.19. The molecule has 1 rings (SSSR count). The topological polar surface area (TPSA) is 79.7 Å². The Morgan fingerprint density at radius 3 is 2.77 bits per heavy atom. The number of nitrogens with zero attached hydrogens (tertiary/aromatic N) is 1. The number of carbonyl (C=O) groups is 1. The van der Waals surface area contributed by atoms with Crippen LogP contribution in [0, 0.1) is 0 Å². The van der Waals surface area contributed by atoms with Crippen molar-refractivity contribution in [3.05, 3.63) is 18.0 Å². The second kappa shape index (κ2) is 4.02. The van der Waals surface area contributed by atoms with E-state index in [2.05, 4.69) is 4.98 Å². The standard InChI is InChI=1S/C7H8BNO4/c1-13-5-2-6(8(11)12)7(4-10)9-3-5/h2-4,11-12H,1H3. The zero-order valence-corrected chi connectivity index (χ0v) is 6.97. The average Bonchev–Trinajstić information content (AvgIpc) is 2.16. The number of rotatable bonds is 3. The van der Waals surface area contributed by atoms with Gasteiger partial charge in [-0.1, -0.05) is 0 Å². The monoisotopic (exact) mass is 181 g/mol. The smallest absolute Gasteiger partial charge is 0.490 e. The van der Waals surface area contributed by atoms with E-state index in [-0.39, 0.29) is 11.2 Å². The Hall–Kier alpha value is -1.40. The fourth-order valence-electron chi connectivity index (χ4n) is 0.889. The van der Waals surface area contributed by atoms with Gasteiger partial charge in [-0.2, -0.15) is 0 Å². The van der Waals surface area contributed by atoms with Gasteiger partial charge in [0.1, 0.15) is 11.4 Å². The van der Waals surface area contributed by atoms with Crippen LogP contribution in [0.1, 0.15) is 10.5 Å². The summed E-state index contributed by atoms with van der Waals surface area (Å²) in [5.41, 5.74) is 0.0325. The molecule has 1 aromatic heterocycles. The Morgan fingerprint density at radius 1 is 1.62 bits per heavy atom. The summed E-state index contributed by atoms with van der Waals surface area (Å²) in [6.45, 7) is 0. The quantitative estimate of drug-likeness (QED) is 0.442. The van der Waals surface area contributed by atoms with E-state index < -0.39 is 7.12 Å². The Bertz CT molecular complexity index is 315. The first-order valence-electron chi connectivity index (χ1n) is 3.54. The summed E-state index contributed by atoms with van der Waals surface area (Å²) in [6, 6.07) is 1.35. The number of pyridine rings is 1. The van der Waals surface area contributed by atoms with Crippen LogP contribution in [0.5, 0.6) is 5.75 Å². The minimum absolute atomic E-state index is 0.00389. The molecule has 2 N–H and O–H groups in total. The van der Waals surface area contributed by atoms with Crippen molar-refractivity contribution in [3.63, 3.8) is 0 Å². The maximum absolute atomic E-state index is 10.4. The number of methoxy groups -OCH3 is 1. The summed E-state index contributed by atoms with van der Waals surface area (Å²) in [4.78, 5) is 14.1. The predicted molar refractivity (Wildman–Crippen MR) is 46.0 cm³/mol. The van der Waals surface area contributed by atoms with Crippen molar-refractivity contribution in [1.82, 2.24) is 4.98 Å². The lowest BCUT2D eigenvalue weighted by Gasteiger charge is -2.04. The van der Waals surface area contributed by atoms with Crippen molar-refractivity contribution >= 4 is 18.9 Å². The van der Waals surface area contributed by atoms with E-state index in [1.165, 1.54) is 19.4 Å². The normalized spacial score (nSPS) is 9.46. The molecule has 0 aromatic carbocycles. The molecular formula is C7H8BNO4. The van der Waals surface area contributed by atoms with Gasteiger partial charge < -0.3 is 14.8 Å². The van der Waals surface area contributed by atoms with Crippen LogP contribution >= 0.6 is 0 Å². The highest BCUT2D eigenvalue weighted by atomic mass is 16.5. The summed E-state index contributed by atoms with van der Waals surface area (Å²) in [5, 5.41) is 17.7. The average molecular weight is 181 g/mol. The van der Waals surface area contributed by atoms with Gasteiger partial charge in [-0.15, -0.1) is 0 Å². The van der Waals surface area contributed by atoms with Crippen LogP contribution in [-0.2, 0) is 0 Å². The van der Waals surface area contributed by atoms with E-state index in [1.54, 1.807) is 0 Å². The summed E-state index contributed by atoms with van der Waals surface area (Å²) in [5.74, 6) is 0.369. The SMILES string of the molecule is COc1cnc(C=O)c(B(O)O)c1. The van der Waals surface area contributed by atoms with Gasteiger partial charge in [-0.05, 0) is 6.07 Å². The first-order valence-corrected chi connectivity index (χ1v) is 3.54. The number of hydrogen-bond donors (Lipinski definition) is 2. The van der Waals surface area contributed by atoms with Crippen LogP contribution in [0.4, 0.5) is 0 Å². The molecule has 0 aliphatic carbocycles. The molecule has 0 atom stereocenters. The lowest BCUT2D eigenvalue weighted by atomic mass is 9.79. The van der Waals surface area contributed by atoms with E-state index >= 15 is 0 Å². The molecule has 6 heteroatoms. The highest BCUT2D eigenvalue weighted by Crippen LogP contribution is 2.05. The summed E-state index contributed by atoms with van der Waals surface area (Å²) < 4.78 is 4.80. The third-order valence-electron chi connectivity index (χ3n) is 1.55. The van der Waals surface area contributed by atoms with Gasteiger partial charge >= 0.3 is 7.12 Å². The Kier molecular flexibility index (Phi) is 3.00. The van der Waals surface area contributed by atoms with E-state index in [1.807, 2.05) is 0 Å². The van der Waals surface area contributed by atoms with E-state index in [0.717, 1.165) is 0 Å². The van der Waals surface area contributed by atoms with Crippen molar-refractivity contribution in [2.24, 2.45) is 0 Å². The van der Waals surface area contributed by atoms with Gasteiger partial charge in [0.15, 0.2) is 6.29 Å². The molecule has 0 spiro atoms. The summed E-state index contributed by atoms with van der Waals surface area (Å²) in [7, 11) is -0.298. The predicted octanol–water partition coefficient (Wildman–Crippen LogP) is -1.42. The van der Waals surface area contributed by atoms with Gasteiger partial charge in [0.05, 0.1) is 13.3 Å². The number of carbonyl (C=O) groups excluding carboxylic acids is 1. The van der Waals surface area contributed by atoms with E-state index in [0.29, 0.717) is 12.0 Å². The van der Waals surface area contributed by atoms with Crippen molar-refractivity contribution in [3.8, 4) is 5.75 Å². The number of ether oxygens (including phenoxy) is 1. The fourth-order valence-corrected chi connectivity index (χ4v) is 0.889. The molecule has 68 valence electrons. The third kappa shape index (κ3) is 2.04. The van der Waals surface area contributed by atoms with Gasteiger partial charge in [0.25, 0.3) is 0 Å². The molecular weight excluding hydrogens is 173 g/mol. The Labute approximate surface area is 75.1 Å². The molecule has 0 amide bonds. The van der Waals surface area contributed by atoms with Crippen molar-refractivity contribution < 1.29 is 19.6 Å². The van der Waals surface area contributed by atoms with Crippen molar-refractivity contribution in [2.45, 2.75) is 0 Å². The number of hydrogen-bond acceptors (Lipinski definition) is 5. The lowest BCUT2D eigenvalue weighted by molar-refractivity contribution is 0.111. The summed E-state index contributed by atoms with van der Waals surface area (Å²) >= 11 is 0. The van der Waals surface area contributed by atoms with Crippen LogP contribution in [0.15, 0.2) is 12.3 Å². The van der Waals surface area contributed by atoms with Crippen LogP contribution in [0.2, 0.25) is 0 Å². The molecule has 0 aliphatic rings. The second-order valence-corrected chi connectivity index (χ2v) is 2.34. The zero-order chi connectivity index (χ0) is 9.84. The lowest BCUT2D eigenvalue weighted by Crippen LogP contribution is -2.33. The molecule has 0 aliphatic heterocycles. The molecule has 0 bridgehead atoms. The Balaban J connectivity index is 3.17. The van der Waals surface area contributed by atoms with Crippen molar-refractivity contribution in [2.75, 3.05) is 7.11 Å². The highest BCUT2D eigenvalue weighted by molar-refractivity contribution is 6.60. The minimum atomic E-state index is -1.72. The maximum Gasteiger partial charge on any atom is 0.490 e. The third-order valence-corrected chi connectivity index (χ3v) is 1.55. The van der Waals surface area contributed by atoms with Gasteiger partial charge in [0, 0.05) is 5.46 Å². The first kappa shape index (κ1) is 9.69. The summed E-state index contributed by atoms with van der Waals surface area (Å²) in [6.07, 6.45) is 1.78. The molecule has 0 saturated heterocycles. The Morgan fingerprint density at radius 2 is 2.31 bits per heavy atom. The van der Waals surface area contributed by atoms with Crippen LogP contribution in [0.3, 0.4) is 0 Å². The maximum atomic E-state index is 10.4. The zero-order valence-electron chi connectivity index (χ0n) is 6.97. The molecule has 1 heterocycles. The van der Waals surface area contributed by atoms with Gasteiger partial charge in [-0.3, -0.25) is 4.79 Å². The number of aromatic nitrogens is 1.